The normalized spacial score (nSPS) is 11.9. The maximum atomic E-state index is 13.1. The van der Waals surface area contributed by atoms with Crippen LogP contribution in [0.4, 0.5) is 5.69 Å². The van der Waals surface area contributed by atoms with E-state index in [9.17, 15) is 8.42 Å². The van der Waals surface area contributed by atoms with Crippen LogP contribution in [-0.2, 0) is 16.4 Å². The molecule has 0 bridgehead atoms. The Hall–Kier alpha value is -2.28. The van der Waals surface area contributed by atoms with Crippen LogP contribution < -0.4 is 4.31 Å². The smallest absolute Gasteiger partial charge is 0.269 e. The summed E-state index contributed by atoms with van der Waals surface area (Å²) in [5, 5.41) is 3.83. The third kappa shape index (κ3) is 3.46. The average molecular weight is 349 g/mol. The fraction of sp³-hybridized carbons (Fsp3) is 0.353. The van der Waals surface area contributed by atoms with E-state index in [4.69, 9.17) is 4.52 Å². The van der Waals surface area contributed by atoms with Gasteiger partial charge >= 0.3 is 0 Å². The largest absolute Gasteiger partial charge is 0.383 e. The molecule has 0 aliphatic carbocycles. The van der Waals surface area contributed by atoms with Gasteiger partial charge in [-0.25, -0.2) is 8.42 Å². The minimum absolute atomic E-state index is 0.0917. The van der Waals surface area contributed by atoms with Gasteiger partial charge in [-0.2, -0.15) is 0 Å². The van der Waals surface area contributed by atoms with Crippen molar-refractivity contribution in [2.45, 2.75) is 25.2 Å². The number of aromatic nitrogens is 1. The molecule has 0 fully saturated rings. The highest BCUT2D eigenvalue weighted by molar-refractivity contribution is 7.93. The number of hydrogen-bond donors (Lipinski definition) is 0. The third-order valence-corrected chi connectivity index (χ3v) is 5.62. The first-order valence-corrected chi connectivity index (χ1v) is 9.10. The van der Waals surface area contributed by atoms with Crippen molar-refractivity contribution in [2.24, 2.45) is 0 Å². The summed E-state index contributed by atoms with van der Waals surface area (Å²) in [5.74, 6) is 0.224. The standard InChI is InChI=1S/C17H23N3O3S/c1-6-14-9-7-8-10-15(14)20(5)24(21,22)17-13(2)18-23-16(17)11-12-19(3)4/h7-12H,6H2,1-5H3/b12-11+. The highest BCUT2D eigenvalue weighted by atomic mass is 32.2. The number of sulfonamides is 1. The quantitative estimate of drug-likeness (QED) is 0.802. The summed E-state index contributed by atoms with van der Waals surface area (Å²) in [6.45, 7) is 3.62. The number of nitrogens with zero attached hydrogens (tertiary/aromatic N) is 3. The average Bonchev–Trinajstić information content (AvgIpc) is 2.93. The molecule has 1 aromatic carbocycles. The lowest BCUT2D eigenvalue weighted by molar-refractivity contribution is 0.405. The Balaban J connectivity index is 2.53. The Morgan fingerprint density at radius 1 is 1.21 bits per heavy atom. The zero-order valence-electron chi connectivity index (χ0n) is 14.6. The van der Waals surface area contributed by atoms with E-state index in [0.29, 0.717) is 11.4 Å². The van der Waals surface area contributed by atoms with Gasteiger partial charge in [0.05, 0.1) is 5.69 Å². The van der Waals surface area contributed by atoms with Crippen LogP contribution in [0, 0.1) is 6.92 Å². The molecular weight excluding hydrogens is 326 g/mol. The monoisotopic (exact) mass is 349 g/mol. The summed E-state index contributed by atoms with van der Waals surface area (Å²) in [4.78, 5) is 1.89. The summed E-state index contributed by atoms with van der Waals surface area (Å²) >= 11 is 0. The lowest BCUT2D eigenvalue weighted by Crippen LogP contribution is -2.28. The van der Waals surface area contributed by atoms with Gasteiger partial charge in [-0.3, -0.25) is 4.31 Å². The first kappa shape index (κ1) is 18.1. The molecule has 0 spiro atoms. The number of rotatable bonds is 6. The highest BCUT2D eigenvalue weighted by Gasteiger charge is 2.30. The molecule has 130 valence electrons. The second kappa shape index (κ2) is 7.09. The van der Waals surface area contributed by atoms with Crippen LogP contribution in [0.1, 0.15) is 23.9 Å². The van der Waals surface area contributed by atoms with Gasteiger partial charge in [0.2, 0.25) is 0 Å². The van der Waals surface area contributed by atoms with Gasteiger partial charge < -0.3 is 9.42 Å². The Labute approximate surface area is 143 Å². The van der Waals surface area contributed by atoms with E-state index < -0.39 is 10.0 Å². The van der Waals surface area contributed by atoms with E-state index in [0.717, 1.165) is 12.0 Å². The minimum Gasteiger partial charge on any atom is -0.383 e. The topological polar surface area (TPSA) is 66.7 Å². The van der Waals surface area contributed by atoms with Gasteiger partial charge in [-0.05, 0) is 25.0 Å². The first-order valence-electron chi connectivity index (χ1n) is 7.66. The fourth-order valence-electron chi connectivity index (χ4n) is 2.40. The summed E-state index contributed by atoms with van der Waals surface area (Å²) in [7, 11) is 1.46. The minimum atomic E-state index is -3.78. The molecule has 0 amide bonds. The first-order chi connectivity index (χ1) is 11.3. The Morgan fingerprint density at radius 3 is 2.50 bits per heavy atom. The van der Waals surface area contributed by atoms with E-state index in [1.54, 1.807) is 37.2 Å². The molecule has 0 aliphatic heterocycles. The molecule has 0 N–H and O–H groups in total. The predicted octanol–water partition coefficient (Wildman–Crippen LogP) is 2.90. The second-order valence-corrected chi connectivity index (χ2v) is 7.60. The van der Waals surface area contributed by atoms with Crippen molar-refractivity contribution in [3.8, 4) is 0 Å². The summed E-state index contributed by atoms with van der Waals surface area (Å²) in [6.07, 6.45) is 4.07. The number of anilines is 1. The highest BCUT2D eigenvalue weighted by Crippen LogP contribution is 2.30. The molecule has 0 radical (unpaired) electrons. The molecule has 0 unspecified atom stereocenters. The van der Waals surface area contributed by atoms with E-state index in [1.807, 2.05) is 39.2 Å². The Kier molecular flexibility index (Phi) is 5.33. The molecule has 0 atom stereocenters. The summed E-state index contributed by atoms with van der Waals surface area (Å²) in [6, 6.07) is 7.45. The van der Waals surface area contributed by atoms with Crippen molar-refractivity contribution in [3.63, 3.8) is 0 Å². The fourth-order valence-corrected chi connectivity index (χ4v) is 3.88. The summed E-state index contributed by atoms with van der Waals surface area (Å²) < 4.78 is 32.7. The van der Waals surface area contributed by atoms with Crippen molar-refractivity contribution < 1.29 is 12.9 Å². The van der Waals surface area contributed by atoms with Gasteiger partial charge in [0.1, 0.15) is 5.69 Å². The van der Waals surface area contributed by atoms with Crippen molar-refractivity contribution in [1.82, 2.24) is 10.1 Å². The molecule has 0 aliphatic rings. The maximum absolute atomic E-state index is 13.1. The van der Waals surface area contributed by atoms with Crippen LogP contribution in [0.3, 0.4) is 0 Å². The van der Waals surface area contributed by atoms with Gasteiger partial charge in [-0.1, -0.05) is 30.3 Å². The molecule has 0 saturated carbocycles. The van der Waals surface area contributed by atoms with E-state index in [-0.39, 0.29) is 10.7 Å². The van der Waals surface area contributed by atoms with Crippen LogP contribution >= 0.6 is 0 Å². The van der Waals surface area contributed by atoms with E-state index >= 15 is 0 Å². The zero-order chi connectivity index (χ0) is 17.9. The lowest BCUT2D eigenvalue weighted by atomic mass is 10.1. The molecule has 6 nitrogen and oxygen atoms in total. The summed E-state index contributed by atoms with van der Waals surface area (Å²) in [5.41, 5.74) is 1.96. The van der Waals surface area contributed by atoms with E-state index in [1.165, 1.54) is 4.31 Å². The molecule has 1 aromatic heterocycles. The van der Waals surface area contributed by atoms with Crippen LogP contribution in [0.5, 0.6) is 0 Å². The van der Waals surface area contributed by atoms with Crippen molar-refractivity contribution in [2.75, 3.05) is 25.4 Å². The second-order valence-electron chi connectivity index (χ2n) is 5.70. The Morgan fingerprint density at radius 2 is 1.88 bits per heavy atom. The van der Waals surface area contributed by atoms with Crippen molar-refractivity contribution in [3.05, 3.63) is 47.5 Å². The van der Waals surface area contributed by atoms with Gasteiger partial charge in [0.15, 0.2) is 10.7 Å². The molecule has 24 heavy (non-hydrogen) atoms. The molecule has 2 aromatic rings. The van der Waals surface area contributed by atoms with Crippen molar-refractivity contribution in [1.29, 1.82) is 0 Å². The molecular formula is C17H23N3O3S. The van der Waals surface area contributed by atoms with Crippen LogP contribution in [0.25, 0.3) is 6.08 Å². The van der Waals surface area contributed by atoms with Crippen LogP contribution in [0.15, 0.2) is 39.9 Å². The maximum Gasteiger partial charge on any atom is 0.269 e. The lowest BCUT2D eigenvalue weighted by Gasteiger charge is -2.21. The predicted molar refractivity (Wildman–Crippen MR) is 95.4 cm³/mol. The van der Waals surface area contributed by atoms with Crippen LogP contribution in [0.2, 0.25) is 0 Å². The number of aryl methyl sites for hydroxylation is 2. The molecule has 1 heterocycles. The number of benzene rings is 1. The molecule has 7 heteroatoms. The van der Waals surface area contributed by atoms with Crippen LogP contribution in [-0.4, -0.2) is 39.6 Å². The SMILES string of the molecule is CCc1ccccc1N(C)S(=O)(=O)c1c(C)noc1/C=C/N(C)C. The molecule has 0 saturated heterocycles. The number of hydrogen-bond acceptors (Lipinski definition) is 5. The Bertz CT molecular complexity index is 839. The van der Waals surface area contributed by atoms with Crippen molar-refractivity contribution >= 4 is 21.8 Å². The third-order valence-electron chi connectivity index (χ3n) is 3.69. The number of para-hydroxylation sites is 1. The molecule has 2 rings (SSSR count). The van der Waals surface area contributed by atoms with E-state index in [2.05, 4.69) is 5.16 Å². The zero-order valence-corrected chi connectivity index (χ0v) is 15.5. The van der Waals surface area contributed by atoms with Gasteiger partial charge in [0.25, 0.3) is 10.0 Å². The van der Waals surface area contributed by atoms with Gasteiger partial charge in [0, 0.05) is 33.4 Å². The van der Waals surface area contributed by atoms with Gasteiger partial charge in [-0.15, -0.1) is 0 Å².